The molecule has 1 unspecified atom stereocenters. The Bertz CT molecular complexity index is 1420. The molecule has 11 heteroatoms. The lowest BCUT2D eigenvalue weighted by molar-refractivity contribution is -0.121. The van der Waals surface area contributed by atoms with Crippen molar-refractivity contribution in [2.24, 2.45) is 5.92 Å². The number of carbonyl (C=O) groups excluding carboxylic acids is 3. The molecule has 11 nitrogen and oxygen atoms in total. The van der Waals surface area contributed by atoms with Crippen LogP contribution in [0.5, 0.6) is 17.2 Å². The van der Waals surface area contributed by atoms with Crippen LogP contribution in [-0.4, -0.2) is 75.3 Å². The summed E-state index contributed by atoms with van der Waals surface area (Å²) in [5.41, 5.74) is 0.507. The van der Waals surface area contributed by atoms with E-state index in [4.69, 9.17) is 23.4 Å². The lowest BCUT2D eigenvalue weighted by Gasteiger charge is -2.34. The van der Waals surface area contributed by atoms with E-state index < -0.39 is 23.3 Å². The summed E-state index contributed by atoms with van der Waals surface area (Å²) < 4.78 is 27.5. The first-order valence-corrected chi connectivity index (χ1v) is 15.0. The highest BCUT2D eigenvalue weighted by Gasteiger charge is 2.36. The number of piperidine rings is 1. The molecule has 1 aliphatic rings. The second-order valence-electron chi connectivity index (χ2n) is 11.9. The zero-order chi connectivity index (χ0) is 32.6. The second-order valence-corrected chi connectivity index (χ2v) is 11.9. The lowest BCUT2D eigenvalue weighted by atomic mass is 9.96. The van der Waals surface area contributed by atoms with Crippen molar-refractivity contribution in [3.8, 4) is 17.2 Å². The number of Topliss-reactive ketones (excluding diaryl/α,β-unsaturated/α-hetero) is 1. The Morgan fingerprint density at radius 1 is 0.956 bits per heavy atom. The Morgan fingerprint density at radius 2 is 1.62 bits per heavy atom. The van der Waals surface area contributed by atoms with E-state index in [9.17, 15) is 14.4 Å². The van der Waals surface area contributed by atoms with E-state index in [0.717, 1.165) is 5.56 Å². The van der Waals surface area contributed by atoms with Crippen molar-refractivity contribution in [2.75, 3.05) is 45.9 Å². The summed E-state index contributed by atoms with van der Waals surface area (Å²) in [4.78, 5) is 44.0. The number of likely N-dealkylation sites (tertiary alicyclic amines) is 1. The van der Waals surface area contributed by atoms with Crippen molar-refractivity contribution in [3.63, 3.8) is 0 Å². The number of amides is 2. The third-order valence-electron chi connectivity index (χ3n) is 7.64. The van der Waals surface area contributed by atoms with Gasteiger partial charge in [-0.3, -0.25) is 9.59 Å². The summed E-state index contributed by atoms with van der Waals surface area (Å²) in [5.74, 6) is 1.35. The molecule has 2 aromatic carbocycles. The Morgan fingerprint density at radius 3 is 2.20 bits per heavy atom. The number of furan rings is 1. The van der Waals surface area contributed by atoms with E-state index in [1.54, 1.807) is 79.7 Å². The fraction of sp³-hybridized carbons (Fsp3) is 0.441. The summed E-state index contributed by atoms with van der Waals surface area (Å²) in [6, 6.07) is 14.2. The second kappa shape index (κ2) is 14.9. The molecular weight excluding hydrogens is 578 g/mol. The van der Waals surface area contributed by atoms with E-state index in [1.807, 2.05) is 26.8 Å². The van der Waals surface area contributed by atoms with E-state index in [-0.39, 0.29) is 18.6 Å². The number of anilines is 1. The van der Waals surface area contributed by atoms with Gasteiger partial charge in [0.05, 0.1) is 34.1 Å². The van der Waals surface area contributed by atoms with E-state index in [1.165, 1.54) is 6.26 Å². The van der Waals surface area contributed by atoms with Crippen LogP contribution in [0, 0.1) is 5.92 Å². The van der Waals surface area contributed by atoms with Gasteiger partial charge in [-0.2, -0.15) is 0 Å². The number of hydrogen-bond donors (Lipinski definition) is 1. The van der Waals surface area contributed by atoms with Gasteiger partial charge in [0, 0.05) is 42.9 Å². The smallest absolute Gasteiger partial charge is 0.410 e. The van der Waals surface area contributed by atoms with Gasteiger partial charge >= 0.3 is 6.09 Å². The summed E-state index contributed by atoms with van der Waals surface area (Å²) >= 11 is 0. The molecule has 0 saturated carbocycles. The Balaban J connectivity index is 1.58. The normalized spacial score (nSPS) is 14.3. The first kappa shape index (κ1) is 33.2. The molecule has 2 heterocycles. The fourth-order valence-corrected chi connectivity index (χ4v) is 5.20. The van der Waals surface area contributed by atoms with Crippen LogP contribution in [0.25, 0.3) is 0 Å². The van der Waals surface area contributed by atoms with Gasteiger partial charge in [0.2, 0.25) is 0 Å². The van der Waals surface area contributed by atoms with Crippen LogP contribution in [-0.2, 0) is 16.1 Å². The van der Waals surface area contributed by atoms with Crippen molar-refractivity contribution in [1.29, 1.82) is 0 Å². The van der Waals surface area contributed by atoms with E-state index in [0.29, 0.717) is 61.2 Å². The molecule has 242 valence electrons. The number of ether oxygens (including phenoxy) is 4. The Hall–Kier alpha value is -4.67. The fourth-order valence-electron chi connectivity index (χ4n) is 5.20. The van der Waals surface area contributed by atoms with Crippen LogP contribution < -0.4 is 24.4 Å². The molecule has 45 heavy (non-hydrogen) atoms. The largest absolute Gasteiger partial charge is 0.497 e. The first-order valence-electron chi connectivity index (χ1n) is 15.0. The highest BCUT2D eigenvalue weighted by Crippen LogP contribution is 2.30. The van der Waals surface area contributed by atoms with Gasteiger partial charge < -0.3 is 38.5 Å². The SMILES string of the molecule is COc1ccc(C(=O)C(C(=O)NCC2CCN(C(=O)OC(C)(C)C)CC2)N(Cc2ccc(OC)cc2OC)c2ccco2)cc1. The molecule has 1 atom stereocenters. The molecule has 0 spiro atoms. The topological polar surface area (TPSA) is 120 Å². The minimum absolute atomic E-state index is 0.128. The van der Waals surface area contributed by atoms with E-state index >= 15 is 0 Å². The summed E-state index contributed by atoms with van der Waals surface area (Å²) in [7, 11) is 4.67. The maximum absolute atomic E-state index is 14.2. The van der Waals surface area contributed by atoms with Crippen LogP contribution in [0.15, 0.2) is 65.3 Å². The van der Waals surface area contributed by atoms with Crippen molar-refractivity contribution in [1.82, 2.24) is 10.2 Å². The maximum Gasteiger partial charge on any atom is 0.410 e. The van der Waals surface area contributed by atoms with Crippen LogP contribution in [0.3, 0.4) is 0 Å². The Kier molecular flexibility index (Phi) is 11.0. The number of hydrogen-bond acceptors (Lipinski definition) is 9. The first-order chi connectivity index (χ1) is 21.5. The molecule has 1 aromatic heterocycles. The summed E-state index contributed by atoms with van der Waals surface area (Å²) in [6.07, 6.45) is 2.56. The van der Waals surface area contributed by atoms with Gasteiger partial charge in [0.15, 0.2) is 17.7 Å². The number of ketones is 1. The number of carbonyl (C=O) groups is 3. The molecule has 1 saturated heterocycles. The molecule has 1 aliphatic heterocycles. The molecule has 2 amide bonds. The number of nitrogens with one attached hydrogen (secondary N) is 1. The quantitative estimate of drug-likeness (QED) is 0.211. The molecular formula is C34H43N3O8. The van der Waals surface area contributed by atoms with E-state index in [2.05, 4.69) is 5.32 Å². The monoisotopic (exact) mass is 621 g/mol. The minimum atomic E-state index is -1.27. The van der Waals surface area contributed by atoms with Crippen LogP contribution >= 0.6 is 0 Å². The predicted octanol–water partition coefficient (Wildman–Crippen LogP) is 5.33. The zero-order valence-corrected chi connectivity index (χ0v) is 26.8. The average Bonchev–Trinajstić information content (AvgIpc) is 3.58. The van der Waals surface area contributed by atoms with Gasteiger partial charge in [0.25, 0.3) is 5.91 Å². The average molecular weight is 622 g/mol. The third kappa shape index (κ3) is 8.71. The third-order valence-corrected chi connectivity index (χ3v) is 7.64. The molecule has 4 rings (SSSR count). The molecule has 0 radical (unpaired) electrons. The number of benzene rings is 2. The highest BCUT2D eigenvalue weighted by atomic mass is 16.6. The van der Waals surface area contributed by atoms with Crippen molar-refractivity contribution in [2.45, 2.75) is 51.8 Å². The predicted molar refractivity (Wildman–Crippen MR) is 169 cm³/mol. The van der Waals surface area contributed by atoms with Gasteiger partial charge in [-0.1, -0.05) is 0 Å². The molecule has 1 fully saturated rings. The van der Waals surface area contributed by atoms with Gasteiger partial charge in [0.1, 0.15) is 22.8 Å². The summed E-state index contributed by atoms with van der Waals surface area (Å²) in [6.45, 7) is 7.06. The number of nitrogens with zero attached hydrogens (tertiary/aromatic N) is 2. The van der Waals surface area contributed by atoms with Crippen molar-refractivity contribution in [3.05, 3.63) is 72.0 Å². The number of methoxy groups -OCH3 is 3. The van der Waals surface area contributed by atoms with Gasteiger partial charge in [-0.05, 0) is 82.0 Å². The van der Waals surface area contributed by atoms with Crippen LogP contribution in [0.2, 0.25) is 0 Å². The summed E-state index contributed by atoms with van der Waals surface area (Å²) in [5, 5.41) is 3.03. The maximum atomic E-state index is 14.2. The standard InChI is InChI=1S/C34H43N3O8/c1-34(2,3)45-33(40)36-17-15-23(16-18-36)21-35-32(39)30(31(38)24-9-12-26(41-4)13-10-24)37(29-8-7-19-44-29)22-25-11-14-27(42-5)20-28(25)43-6/h7-14,19-20,23,30H,15-18,21-22H2,1-6H3,(H,35,39). The van der Waals surface area contributed by atoms with Gasteiger partial charge in [-0.25, -0.2) is 4.79 Å². The molecule has 3 aromatic rings. The van der Waals surface area contributed by atoms with Crippen molar-refractivity contribution >= 4 is 23.7 Å². The number of rotatable bonds is 12. The Labute approximate surface area is 264 Å². The molecule has 1 N–H and O–H groups in total. The highest BCUT2D eigenvalue weighted by molar-refractivity contribution is 6.15. The minimum Gasteiger partial charge on any atom is -0.497 e. The van der Waals surface area contributed by atoms with Crippen LogP contribution in [0.1, 0.15) is 49.5 Å². The van der Waals surface area contributed by atoms with Crippen LogP contribution in [0.4, 0.5) is 10.7 Å². The lowest BCUT2D eigenvalue weighted by Crippen LogP contribution is -2.53. The van der Waals surface area contributed by atoms with Crippen molar-refractivity contribution < 1.29 is 37.7 Å². The van der Waals surface area contributed by atoms with Gasteiger partial charge in [-0.15, -0.1) is 0 Å². The molecule has 0 bridgehead atoms. The zero-order valence-electron chi connectivity index (χ0n) is 26.8. The molecule has 0 aliphatic carbocycles.